The van der Waals surface area contributed by atoms with Gasteiger partial charge >= 0.3 is 26.2 Å². The molecule has 0 saturated carbocycles. The first kappa shape index (κ1) is 32.9. The average molecular weight is 582 g/mol. The minimum absolute atomic E-state index is 0. The third-order valence-electron chi connectivity index (χ3n) is 5.80. The fraction of sp³-hybridized carbons (Fsp3) is 0.229. The van der Waals surface area contributed by atoms with Gasteiger partial charge in [-0.1, -0.05) is 81.2 Å². The number of hydrogen-bond acceptors (Lipinski definition) is 0. The van der Waals surface area contributed by atoms with Gasteiger partial charge < -0.3 is 13.3 Å². The summed E-state index contributed by atoms with van der Waals surface area (Å²) < 4.78 is 0. The minimum atomic E-state index is 0. The molecular formula is C35H42SiZr. The Bertz CT molecular complexity index is 1140. The van der Waals surface area contributed by atoms with Crippen molar-refractivity contribution in [1.29, 1.82) is 0 Å². The predicted molar refractivity (Wildman–Crippen MR) is 167 cm³/mol. The van der Waals surface area contributed by atoms with Crippen molar-refractivity contribution in [3.05, 3.63) is 133 Å². The second kappa shape index (κ2) is 19.0. The van der Waals surface area contributed by atoms with E-state index in [2.05, 4.69) is 144 Å². The van der Waals surface area contributed by atoms with Crippen LogP contribution in [0.1, 0.15) is 56.2 Å². The quantitative estimate of drug-likeness (QED) is 0.143. The Kier molecular flexibility index (Phi) is 16.9. The molecule has 0 saturated heterocycles. The first-order valence-corrected chi connectivity index (χ1v) is 13.7. The average Bonchev–Trinajstić information content (AvgIpc) is 3.49. The molecule has 5 aromatic rings. The van der Waals surface area contributed by atoms with E-state index in [0.717, 1.165) is 6.42 Å². The summed E-state index contributed by atoms with van der Waals surface area (Å²) in [6.07, 6.45) is 6.88. The molecule has 0 unspecified atom stereocenters. The van der Waals surface area contributed by atoms with Crippen LogP contribution in [0.25, 0.3) is 21.5 Å². The van der Waals surface area contributed by atoms with Crippen molar-refractivity contribution >= 4 is 36.6 Å². The molecule has 0 radical (unpaired) electrons. The number of hydrogen-bond donors (Lipinski definition) is 0. The molecule has 0 aliphatic heterocycles. The van der Waals surface area contributed by atoms with Crippen LogP contribution in [0.2, 0.25) is 0 Å². The van der Waals surface area contributed by atoms with Gasteiger partial charge in [-0.25, -0.2) is 0 Å². The van der Waals surface area contributed by atoms with Crippen LogP contribution in [0.3, 0.4) is 0 Å². The van der Waals surface area contributed by atoms with Crippen LogP contribution in [-0.2, 0) is 26.2 Å². The molecule has 0 nitrogen and oxygen atoms in total. The third-order valence-corrected chi connectivity index (χ3v) is 6.56. The molecule has 0 bridgehead atoms. The Morgan fingerprint density at radius 3 is 1.62 bits per heavy atom. The first-order chi connectivity index (χ1) is 17.5. The summed E-state index contributed by atoms with van der Waals surface area (Å²) in [5, 5.41) is 6.90. The summed E-state index contributed by atoms with van der Waals surface area (Å²) in [5.74, 6) is 0. The molecule has 0 aliphatic rings. The van der Waals surface area contributed by atoms with Gasteiger partial charge in [0.05, 0.1) is 0 Å². The largest absolute Gasteiger partial charge is 4.00 e. The van der Waals surface area contributed by atoms with Crippen molar-refractivity contribution in [1.82, 2.24) is 0 Å². The Balaban J connectivity index is 0.000000256. The van der Waals surface area contributed by atoms with Gasteiger partial charge in [-0.3, -0.25) is 0 Å². The van der Waals surface area contributed by atoms with E-state index in [1.807, 2.05) is 9.85 Å². The van der Waals surface area contributed by atoms with Gasteiger partial charge in [-0.15, -0.1) is 81.2 Å². The van der Waals surface area contributed by atoms with E-state index in [1.165, 1.54) is 62.7 Å². The summed E-state index contributed by atoms with van der Waals surface area (Å²) in [4.78, 5) is 0. The zero-order valence-electron chi connectivity index (χ0n) is 23.1. The molecule has 0 heterocycles. The molecule has 37 heavy (non-hydrogen) atoms. The van der Waals surface area contributed by atoms with Crippen LogP contribution < -0.4 is 0 Å². The molecule has 0 N–H and O–H groups in total. The Labute approximate surface area is 248 Å². The van der Waals surface area contributed by atoms with Crippen molar-refractivity contribution in [3.63, 3.8) is 0 Å². The molecule has 190 valence electrons. The number of unbranched alkanes of at least 4 members (excludes halogenated alkanes) is 2. The molecule has 0 aromatic heterocycles. The minimum Gasteiger partial charge on any atom is -0.343 e. The van der Waals surface area contributed by atoms with E-state index >= 15 is 0 Å². The van der Waals surface area contributed by atoms with Gasteiger partial charge in [0.2, 0.25) is 0 Å². The summed E-state index contributed by atoms with van der Waals surface area (Å²) in [7, 11) is 2.00. The molecule has 2 heteroatoms. The van der Waals surface area contributed by atoms with Crippen LogP contribution in [-0.4, -0.2) is 15.0 Å². The maximum atomic E-state index is 3.60. The van der Waals surface area contributed by atoms with Gasteiger partial charge in [0.25, 0.3) is 0 Å². The van der Waals surface area contributed by atoms with Gasteiger partial charge in [0, 0.05) is 0 Å². The zero-order valence-corrected chi connectivity index (χ0v) is 27.0. The van der Waals surface area contributed by atoms with E-state index in [4.69, 9.17) is 0 Å². The van der Waals surface area contributed by atoms with Crippen molar-refractivity contribution < 1.29 is 26.2 Å². The maximum Gasteiger partial charge on any atom is 4.00 e. The Morgan fingerprint density at radius 2 is 1.22 bits per heavy atom. The summed E-state index contributed by atoms with van der Waals surface area (Å²) >= 11 is 0. The van der Waals surface area contributed by atoms with Crippen LogP contribution in [0.15, 0.2) is 103 Å². The van der Waals surface area contributed by atoms with Crippen LogP contribution in [0, 0.1) is 27.2 Å². The maximum absolute atomic E-state index is 3.60. The van der Waals surface area contributed by atoms with Crippen molar-refractivity contribution in [2.45, 2.75) is 53.4 Å². The fourth-order valence-electron chi connectivity index (χ4n) is 3.75. The molecule has 0 fully saturated rings. The molecular weight excluding hydrogens is 540 g/mol. The second-order valence-electron chi connectivity index (χ2n) is 9.09. The van der Waals surface area contributed by atoms with Crippen LogP contribution >= 0.6 is 0 Å². The van der Waals surface area contributed by atoms with E-state index in [1.54, 1.807) is 0 Å². The SMILES string of the molecule is C[CH-]CCC(=[SiH2])c1ccccc1.Cc1cc2ccccc2[cH-]1.Cc1cc2ccccc2[cH-]1.[CH2-]CCC.[Zr+4]. The smallest absolute Gasteiger partial charge is 0.343 e. The van der Waals surface area contributed by atoms with Crippen LogP contribution in [0.5, 0.6) is 0 Å². The normalized spacial score (nSPS) is 9.65. The molecule has 0 aliphatic carbocycles. The van der Waals surface area contributed by atoms with E-state index in [9.17, 15) is 0 Å². The number of fused-ring (bicyclic) bond motifs is 2. The zero-order chi connectivity index (χ0) is 26.2. The van der Waals surface area contributed by atoms with Gasteiger partial charge in [-0.05, 0) is 15.4 Å². The summed E-state index contributed by atoms with van der Waals surface area (Å²) in [6.45, 7) is 12.1. The van der Waals surface area contributed by atoms with Crippen LogP contribution in [0.4, 0.5) is 0 Å². The van der Waals surface area contributed by atoms with Crippen molar-refractivity contribution in [2.24, 2.45) is 0 Å². The van der Waals surface area contributed by atoms with Crippen molar-refractivity contribution in [2.75, 3.05) is 0 Å². The first-order valence-electron chi connectivity index (χ1n) is 13.0. The second-order valence-corrected chi connectivity index (χ2v) is 9.95. The Hall–Kier alpha value is -2.15. The molecule has 0 spiro atoms. The Morgan fingerprint density at radius 1 is 0.784 bits per heavy atom. The predicted octanol–water partition coefficient (Wildman–Crippen LogP) is 9.20. The topological polar surface area (TPSA) is 0 Å². The van der Waals surface area contributed by atoms with Gasteiger partial charge in [0.15, 0.2) is 0 Å². The van der Waals surface area contributed by atoms with Gasteiger partial charge in [-0.2, -0.15) is 31.9 Å². The summed E-state index contributed by atoms with van der Waals surface area (Å²) in [6, 6.07) is 36.3. The number of rotatable bonds is 5. The number of benzene rings is 3. The van der Waals surface area contributed by atoms with E-state index in [-0.39, 0.29) is 26.2 Å². The molecule has 5 rings (SSSR count). The molecule has 0 atom stereocenters. The standard InChI is InChI=1S/C11H15Si.2C10H9.C4H9.Zr/c1-2-3-9-11(12)10-7-5-4-6-8-10;2*1-8-6-9-4-2-3-5-10(9)7-8;1-3-4-2;/h2,4-8H,3,9,12H2,1H3;2*2-7H,1H3;1,3-4H2,2H3;/q4*-1;+4. The van der Waals surface area contributed by atoms with E-state index in [0.29, 0.717) is 0 Å². The third kappa shape index (κ3) is 12.3. The molecule has 5 aromatic carbocycles. The number of aryl methyl sites for hydroxylation is 2. The fourth-order valence-corrected chi connectivity index (χ4v) is 4.19. The monoisotopic (exact) mass is 580 g/mol. The molecule has 0 amide bonds. The van der Waals surface area contributed by atoms with Gasteiger partial charge in [0.1, 0.15) is 0 Å². The summed E-state index contributed by atoms with van der Waals surface area (Å²) in [5.41, 5.74) is 4.08. The van der Waals surface area contributed by atoms with E-state index < -0.39 is 0 Å². The van der Waals surface area contributed by atoms with Crippen molar-refractivity contribution in [3.8, 4) is 0 Å².